The van der Waals surface area contributed by atoms with E-state index in [-0.39, 0.29) is 5.28 Å². The highest BCUT2D eigenvalue weighted by Gasteiger charge is 2.12. The summed E-state index contributed by atoms with van der Waals surface area (Å²) in [5, 5.41) is 12.2. The average molecular weight is 315 g/mol. The summed E-state index contributed by atoms with van der Waals surface area (Å²) < 4.78 is 0. The van der Waals surface area contributed by atoms with Crippen molar-refractivity contribution < 1.29 is 0 Å². The van der Waals surface area contributed by atoms with Gasteiger partial charge in [-0.2, -0.15) is 10.2 Å². The van der Waals surface area contributed by atoms with E-state index < -0.39 is 0 Å². The number of thiophene rings is 1. The minimum Gasteiger partial charge on any atom is -0.355 e. The Hall–Kier alpha value is -2.16. The Balaban J connectivity index is 1.95. The van der Waals surface area contributed by atoms with E-state index in [1.165, 1.54) is 0 Å². The van der Waals surface area contributed by atoms with Crippen molar-refractivity contribution in [3.05, 3.63) is 52.1 Å². The summed E-state index contributed by atoms with van der Waals surface area (Å²) >= 11 is 7.53. The van der Waals surface area contributed by atoms with Crippen molar-refractivity contribution in [3.63, 3.8) is 0 Å². The Labute approximate surface area is 131 Å². The zero-order valence-corrected chi connectivity index (χ0v) is 12.8. The lowest BCUT2D eigenvalue weighted by molar-refractivity contribution is 0.900. The molecule has 3 rings (SSSR count). The molecule has 0 aliphatic carbocycles. The van der Waals surface area contributed by atoms with Crippen molar-refractivity contribution in [2.75, 3.05) is 11.9 Å². The molecule has 1 aromatic carbocycles. The molecule has 0 bridgehead atoms. The van der Waals surface area contributed by atoms with Crippen molar-refractivity contribution >= 4 is 39.0 Å². The minimum absolute atomic E-state index is 0.248. The van der Waals surface area contributed by atoms with Gasteiger partial charge in [-0.15, -0.1) is 11.3 Å². The maximum atomic E-state index is 8.96. The Kier molecular flexibility index (Phi) is 3.74. The molecule has 6 heteroatoms. The van der Waals surface area contributed by atoms with E-state index in [1.807, 2.05) is 41.6 Å². The fraction of sp³-hybridized carbons (Fsp3) is 0.133. The summed E-state index contributed by atoms with van der Waals surface area (Å²) in [4.78, 5) is 11.4. The molecule has 4 nitrogen and oxygen atoms in total. The highest BCUT2D eigenvalue weighted by Crippen LogP contribution is 2.29. The van der Waals surface area contributed by atoms with Gasteiger partial charge in [0.25, 0.3) is 0 Å². The van der Waals surface area contributed by atoms with Gasteiger partial charge in [0.15, 0.2) is 0 Å². The standard InChI is InChI=1S/C15H11ClN4S/c1-20(9-11-4-2-3-10(7-11)8-17)13-12-5-6-21-14(12)19-15(16)18-13/h2-7H,9H2,1H3. The van der Waals surface area contributed by atoms with Crippen molar-refractivity contribution in [2.45, 2.75) is 6.54 Å². The molecule has 2 aromatic heterocycles. The van der Waals surface area contributed by atoms with Crippen LogP contribution in [0.4, 0.5) is 5.82 Å². The first kappa shape index (κ1) is 13.8. The molecule has 0 saturated carbocycles. The topological polar surface area (TPSA) is 52.8 Å². The summed E-state index contributed by atoms with van der Waals surface area (Å²) in [7, 11) is 1.95. The van der Waals surface area contributed by atoms with Gasteiger partial charge in [-0.05, 0) is 40.7 Å². The number of rotatable bonds is 3. The van der Waals surface area contributed by atoms with Gasteiger partial charge in [0.1, 0.15) is 10.6 Å². The Morgan fingerprint density at radius 2 is 2.19 bits per heavy atom. The fourth-order valence-electron chi connectivity index (χ4n) is 2.19. The largest absolute Gasteiger partial charge is 0.355 e. The molecule has 0 saturated heterocycles. The lowest BCUT2D eigenvalue weighted by Crippen LogP contribution is -2.18. The number of aromatic nitrogens is 2. The van der Waals surface area contributed by atoms with Crippen LogP contribution in [0.3, 0.4) is 0 Å². The molecular formula is C15H11ClN4S. The predicted octanol–water partition coefficient (Wildman–Crippen LogP) is 3.85. The molecule has 0 amide bonds. The Morgan fingerprint density at radius 3 is 3.00 bits per heavy atom. The molecule has 0 fully saturated rings. The van der Waals surface area contributed by atoms with Crippen molar-refractivity contribution in [3.8, 4) is 6.07 Å². The van der Waals surface area contributed by atoms with E-state index in [0.717, 1.165) is 21.6 Å². The smallest absolute Gasteiger partial charge is 0.225 e. The second-order valence-corrected chi connectivity index (χ2v) is 5.86. The second kappa shape index (κ2) is 5.68. The molecule has 21 heavy (non-hydrogen) atoms. The molecule has 0 radical (unpaired) electrons. The van der Waals surface area contributed by atoms with Crippen LogP contribution >= 0.6 is 22.9 Å². The molecule has 3 aromatic rings. The van der Waals surface area contributed by atoms with Crippen LogP contribution < -0.4 is 4.90 Å². The normalized spacial score (nSPS) is 10.5. The lowest BCUT2D eigenvalue weighted by Gasteiger charge is -2.19. The van der Waals surface area contributed by atoms with E-state index in [4.69, 9.17) is 16.9 Å². The van der Waals surface area contributed by atoms with Crippen molar-refractivity contribution in [1.29, 1.82) is 5.26 Å². The summed E-state index contributed by atoms with van der Waals surface area (Å²) in [6, 6.07) is 11.7. The number of nitriles is 1. The maximum absolute atomic E-state index is 8.96. The monoisotopic (exact) mass is 314 g/mol. The zero-order chi connectivity index (χ0) is 14.8. The molecule has 0 N–H and O–H groups in total. The van der Waals surface area contributed by atoms with Crippen molar-refractivity contribution in [2.24, 2.45) is 0 Å². The third kappa shape index (κ3) is 2.82. The Morgan fingerprint density at radius 1 is 1.33 bits per heavy atom. The number of hydrogen-bond acceptors (Lipinski definition) is 5. The van der Waals surface area contributed by atoms with E-state index in [0.29, 0.717) is 12.1 Å². The summed E-state index contributed by atoms with van der Waals surface area (Å²) in [5.74, 6) is 0.800. The summed E-state index contributed by atoms with van der Waals surface area (Å²) in [6.07, 6.45) is 0. The van der Waals surface area contributed by atoms with Crippen LogP contribution in [0.2, 0.25) is 5.28 Å². The molecule has 0 aliphatic heterocycles. The van der Waals surface area contributed by atoms with E-state index in [9.17, 15) is 0 Å². The summed E-state index contributed by atoms with van der Waals surface area (Å²) in [5.41, 5.74) is 1.71. The van der Waals surface area contributed by atoms with E-state index in [2.05, 4.69) is 16.0 Å². The van der Waals surface area contributed by atoms with Crippen LogP contribution in [-0.2, 0) is 6.54 Å². The van der Waals surface area contributed by atoms with Gasteiger partial charge >= 0.3 is 0 Å². The van der Waals surface area contributed by atoms with Crippen LogP contribution in [-0.4, -0.2) is 17.0 Å². The third-order valence-corrected chi connectivity index (χ3v) is 4.09. The predicted molar refractivity (Wildman–Crippen MR) is 85.7 cm³/mol. The molecule has 0 aliphatic rings. The second-order valence-electron chi connectivity index (χ2n) is 4.62. The fourth-order valence-corrected chi connectivity index (χ4v) is 3.17. The average Bonchev–Trinajstić information content (AvgIpc) is 2.94. The van der Waals surface area contributed by atoms with Gasteiger partial charge in [0, 0.05) is 13.6 Å². The number of anilines is 1. The van der Waals surface area contributed by atoms with Gasteiger partial charge in [-0.1, -0.05) is 12.1 Å². The lowest BCUT2D eigenvalue weighted by atomic mass is 10.1. The quantitative estimate of drug-likeness (QED) is 0.689. The highest BCUT2D eigenvalue weighted by atomic mass is 35.5. The SMILES string of the molecule is CN(Cc1cccc(C#N)c1)c1nc(Cl)nc2sccc12. The van der Waals surface area contributed by atoms with Crippen LogP contribution in [0.15, 0.2) is 35.7 Å². The van der Waals surface area contributed by atoms with Gasteiger partial charge in [0.05, 0.1) is 17.0 Å². The first-order valence-corrected chi connectivity index (χ1v) is 7.54. The molecule has 2 heterocycles. The minimum atomic E-state index is 0.248. The van der Waals surface area contributed by atoms with Crippen molar-refractivity contribution in [1.82, 2.24) is 9.97 Å². The molecule has 0 atom stereocenters. The zero-order valence-electron chi connectivity index (χ0n) is 11.2. The van der Waals surface area contributed by atoms with Gasteiger partial charge < -0.3 is 4.90 Å². The highest BCUT2D eigenvalue weighted by molar-refractivity contribution is 7.16. The first-order valence-electron chi connectivity index (χ1n) is 6.28. The van der Waals surface area contributed by atoms with Crippen LogP contribution in [0.1, 0.15) is 11.1 Å². The maximum Gasteiger partial charge on any atom is 0.225 e. The third-order valence-electron chi connectivity index (χ3n) is 3.12. The summed E-state index contributed by atoms with van der Waals surface area (Å²) in [6.45, 7) is 0.647. The number of hydrogen-bond donors (Lipinski definition) is 0. The molecular weight excluding hydrogens is 304 g/mol. The van der Waals surface area contributed by atoms with Gasteiger partial charge in [0.2, 0.25) is 5.28 Å². The number of fused-ring (bicyclic) bond motifs is 1. The number of nitrogens with zero attached hydrogens (tertiary/aromatic N) is 4. The first-order chi connectivity index (χ1) is 10.2. The number of halogens is 1. The van der Waals surface area contributed by atoms with Crippen LogP contribution in [0.5, 0.6) is 0 Å². The van der Waals surface area contributed by atoms with Gasteiger partial charge in [-0.3, -0.25) is 0 Å². The van der Waals surface area contributed by atoms with Crippen LogP contribution in [0.25, 0.3) is 10.2 Å². The molecule has 0 unspecified atom stereocenters. The Bertz CT molecular complexity index is 837. The van der Waals surface area contributed by atoms with E-state index >= 15 is 0 Å². The molecule has 0 spiro atoms. The van der Waals surface area contributed by atoms with Crippen LogP contribution in [0, 0.1) is 11.3 Å². The van der Waals surface area contributed by atoms with Gasteiger partial charge in [-0.25, -0.2) is 4.98 Å². The molecule has 104 valence electrons. The van der Waals surface area contributed by atoms with E-state index in [1.54, 1.807) is 17.4 Å². The number of benzene rings is 1.